The van der Waals surface area contributed by atoms with E-state index in [4.69, 9.17) is 0 Å². The van der Waals surface area contributed by atoms with Gasteiger partial charge >= 0.3 is 12.6 Å². The molecule has 0 amide bonds. The summed E-state index contributed by atoms with van der Waals surface area (Å²) >= 11 is 0. The van der Waals surface area contributed by atoms with Crippen LogP contribution >= 0.6 is 0 Å². The van der Waals surface area contributed by atoms with Gasteiger partial charge in [-0.3, -0.25) is 0 Å². The van der Waals surface area contributed by atoms with E-state index in [0.29, 0.717) is 0 Å². The van der Waals surface area contributed by atoms with Crippen molar-refractivity contribution < 1.29 is 22.7 Å². The molecule has 5 heteroatoms. The van der Waals surface area contributed by atoms with E-state index >= 15 is 0 Å². The Labute approximate surface area is 78.3 Å². The average molecular weight is 203 g/mol. The van der Waals surface area contributed by atoms with E-state index in [1.165, 1.54) is 24.3 Å². The van der Waals surface area contributed by atoms with E-state index in [1.54, 1.807) is 6.07 Å². The zero-order valence-corrected chi connectivity index (χ0v) is 6.91. The summed E-state index contributed by atoms with van der Waals surface area (Å²) in [6.45, 7) is 0.803. The third kappa shape index (κ3) is 2.48. The van der Waals surface area contributed by atoms with Crippen molar-refractivity contribution in [1.82, 2.24) is 0 Å². The van der Waals surface area contributed by atoms with Crippen LogP contribution in [0.4, 0.5) is 13.2 Å². The molecule has 1 unspecified atom stereocenters. The fraction of sp³-hybridized carbons (Fsp3) is 0.222. The first-order chi connectivity index (χ1) is 6.55. The Balaban J connectivity index is 2.95. The molecule has 1 atom stereocenters. The van der Waals surface area contributed by atoms with Gasteiger partial charge in [0.2, 0.25) is 6.10 Å². The monoisotopic (exact) mass is 203 g/mol. The van der Waals surface area contributed by atoms with Gasteiger partial charge in [-0.2, -0.15) is 13.2 Å². The maximum Gasteiger partial charge on any atom is 0.429 e. The highest BCUT2D eigenvalue weighted by Gasteiger charge is 2.42. The van der Waals surface area contributed by atoms with Crippen LogP contribution in [0, 0.1) is 0 Å². The maximum absolute atomic E-state index is 12.3. The smallest absolute Gasteiger partial charge is 0.429 e. The molecule has 0 aromatic heterocycles. The summed E-state index contributed by atoms with van der Waals surface area (Å²) in [5.41, 5.74) is -0.122. The number of benzene rings is 1. The third-order valence-corrected chi connectivity index (χ3v) is 1.57. The molecule has 75 valence electrons. The highest BCUT2D eigenvalue weighted by atomic mass is 19.4. The summed E-state index contributed by atoms with van der Waals surface area (Å²) < 4.78 is 40.7. The van der Waals surface area contributed by atoms with Gasteiger partial charge in [0.1, 0.15) is 0 Å². The number of halogens is 3. The predicted octanol–water partition coefficient (Wildman–Crippen LogP) is 2.37. The van der Waals surface area contributed by atoms with Crippen LogP contribution in [0.15, 0.2) is 30.3 Å². The first-order valence-electron chi connectivity index (χ1n) is 3.70. The first-order valence-corrected chi connectivity index (χ1v) is 3.70. The molecule has 0 aliphatic carbocycles. The first kappa shape index (κ1) is 10.6. The Kier molecular flexibility index (Phi) is 3.11. The second kappa shape index (κ2) is 4.13. The highest BCUT2D eigenvalue weighted by Crippen LogP contribution is 2.34. The Morgan fingerprint density at radius 3 is 2.21 bits per heavy atom. The standard InChI is InChI=1S/C9H6F3O2/c10-9(11,12)8(14-6-13)7-4-2-1-3-5-7/h1-5,8H. The van der Waals surface area contributed by atoms with Crippen LogP contribution in [0.2, 0.25) is 0 Å². The molecule has 0 aliphatic rings. The second-order valence-electron chi connectivity index (χ2n) is 2.53. The molecule has 1 radical (unpaired) electrons. The largest absolute Gasteiger partial charge is 0.439 e. The molecule has 1 aromatic carbocycles. The molecule has 1 aromatic rings. The summed E-state index contributed by atoms with van der Waals surface area (Å²) in [7, 11) is 0. The second-order valence-corrected chi connectivity index (χ2v) is 2.53. The third-order valence-electron chi connectivity index (χ3n) is 1.57. The van der Waals surface area contributed by atoms with Gasteiger partial charge in [-0.1, -0.05) is 30.3 Å². The SMILES string of the molecule is O=[C]OC(c1ccccc1)C(F)(F)F. The summed E-state index contributed by atoms with van der Waals surface area (Å²) in [4.78, 5) is 9.79. The molecule has 2 nitrogen and oxygen atoms in total. The minimum atomic E-state index is -4.61. The summed E-state index contributed by atoms with van der Waals surface area (Å²) in [5, 5.41) is 0. The predicted molar refractivity (Wildman–Crippen MR) is 42.0 cm³/mol. The molecule has 14 heavy (non-hydrogen) atoms. The lowest BCUT2D eigenvalue weighted by Crippen LogP contribution is -2.23. The Morgan fingerprint density at radius 1 is 1.21 bits per heavy atom. The lowest BCUT2D eigenvalue weighted by molar-refractivity contribution is -0.201. The van der Waals surface area contributed by atoms with Gasteiger partial charge in [-0.15, -0.1) is 0 Å². The molecule has 0 fully saturated rings. The fourth-order valence-corrected chi connectivity index (χ4v) is 1.000. The van der Waals surface area contributed by atoms with Crippen LogP contribution in [-0.4, -0.2) is 12.6 Å². The van der Waals surface area contributed by atoms with Crippen LogP contribution in [-0.2, 0) is 9.53 Å². The molecular formula is C9H6F3O2. The van der Waals surface area contributed by atoms with Gasteiger partial charge < -0.3 is 4.74 Å². The maximum atomic E-state index is 12.3. The van der Waals surface area contributed by atoms with Crippen molar-refractivity contribution in [3.8, 4) is 0 Å². The van der Waals surface area contributed by atoms with E-state index in [-0.39, 0.29) is 5.56 Å². The van der Waals surface area contributed by atoms with Crippen LogP contribution in [0.3, 0.4) is 0 Å². The van der Waals surface area contributed by atoms with Crippen molar-refractivity contribution >= 4 is 6.47 Å². The minimum Gasteiger partial charge on any atom is -0.439 e. The average Bonchev–Trinajstić information content (AvgIpc) is 2.14. The van der Waals surface area contributed by atoms with Crippen molar-refractivity contribution in [3.05, 3.63) is 35.9 Å². The number of hydrogen-bond acceptors (Lipinski definition) is 2. The quantitative estimate of drug-likeness (QED) is 0.753. The van der Waals surface area contributed by atoms with Crippen molar-refractivity contribution in [2.75, 3.05) is 0 Å². The highest BCUT2D eigenvalue weighted by molar-refractivity contribution is 5.40. The van der Waals surface area contributed by atoms with Gasteiger partial charge in [-0.25, -0.2) is 4.79 Å². The Morgan fingerprint density at radius 2 is 1.79 bits per heavy atom. The normalized spacial score (nSPS) is 13.4. The molecule has 1 rings (SSSR count). The molecule has 0 saturated carbocycles. The molecule has 0 aliphatic heterocycles. The van der Waals surface area contributed by atoms with E-state index in [0.717, 1.165) is 6.47 Å². The van der Waals surface area contributed by atoms with Gasteiger partial charge in [-0.05, 0) is 0 Å². The Bertz CT molecular complexity index is 295. The van der Waals surface area contributed by atoms with Crippen LogP contribution in [0.1, 0.15) is 11.7 Å². The summed E-state index contributed by atoms with van der Waals surface area (Å²) in [6, 6.07) is 6.90. The fourth-order valence-electron chi connectivity index (χ4n) is 1.000. The number of carbonyl (C=O) groups excluding carboxylic acids is 1. The molecule has 0 N–H and O–H groups in total. The van der Waals surface area contributed by atoms with Crippen molar-refractivity contribution in [3.63, 3.8) is 0 Å². The van der Waals surface area contributed by atoms with Crippen LogP contribution in [0.25, 0.3) is 0 Å². The van der Waals surface area contributed by atoms with E-state index < -0.39 is 12.3 Å². The molecule has 0 spiro atoms. The zero-order chi connectivity index (χ0) is 10.6. The number of hydrogen-bond donors (Lipinski definition) is 0. The van der Waals surface area contributed by atoms with Gasteiger partial charge in [0.25, 0.3) is 0 Å². The van der Waals surface area contributed by atoms with Gasteiger partial charge in [0.15, 0.2) is 0 Å². The molecule has 0 saturated heterocycles. The lowest BCUT2D eigenvalue weighted by atomic mass is 10.1. The van der Waals surface area contributed by atoms with E-state index in [2.05, 4.69) is 4.74 Å². The number of ether oxygens (including phenoxy) is 1. The van der Waals surface area contributed by atoms with E-state index in [9.17, 15) is 18.0 Å². The van der Waals surface area contributed by atoms with Crippen molar-refractivity contribution in [2.45, 2.75) is 12.3 Å². The summed E-state index contributed by atoms with van der Waals surface area (Å²) in [6.07, 6.45) is -6.85. The topological polar surface area (TPSA) is 26.3 Å². The minimum absolute atomic E-state index is 0.122. The molecule has 0 bridgehead atoms. The van der Waals surface area contributed by atoms with Crippen molar-refractivity contribution in [2.24, 2.45) is 0 Å². The number of alkyl halides is 3. The van der Waals surface area contributed by atoms with Gasteiger partial charge in [0, 0.05) is 5.56 Å². The van der Waals surface area contributed by atoms with Crippen LogP contribution < -0.4 is 0 Å². The number of rotatable bonds is 3. The van der Waals surface area contributed by atoms with E-state index in [1.807, 2.05) is 0 Å². The zero-order valence-electron chi connectivity index (χ0n) is 6.91. The van der Waals surface area contributed by atoms with Crippen LogP contribution in [0.5, 0.6) is 0 Å². The van der Waals surface area contributed by atoms with Gasteiger partial charge in [0.05, 0.1) is 0 Å². The lowest BCUT2D eigenvalue weighted by Gasteiger charge is -2.17. The molecular weight excluding hydrogens is 197 g/mol. The molecule has 0 heterocycles. The van der Waals surface area contributed by atoms with Crippen molar-refractivity contribution in [1.29, 1.82) is 0 Å². The summed E-state index contributed by atoms with van der Waals surface area (Å²) in [5.74, 6) is 0. The Hall–Kier alpha value is -1.52.